The molecule has 0 aliphatic rings. The summed E-state index contributed by atoms with van der Waals surface area (Å²) in [7, 11) is 1.26. The third kappa shape index (κ3) is 4.20. The number of esters is 1. The molecule has 0 saturated heterocycles. The number of aromatic hydroxyl groups is 1. The summed E-state index contributed by atoms with van der Waals surface area (Å²) >= 11 is 5.65. The molecule has 0 amide bonds. The highest BCUT2D eigenvalue weighted by atomic mass is 32.1. The minimum Gasteiger partial charge on any atom is -0.494 e. The maximum Gasteiger partial charge on any atom is 0.330 e. The first-order valence-corrected chi connectivity index (χ1v) is 10.0. The molecule has 0 aliphatic heterocycles. The van der Waals surface area contributed by atoms with E-state index in [-0.39, 0.29) is 16.2 Å². The fraction of sp³-hybridized carbons (Fsp3) is 0.217. The van der Waals surface area contributed by atoms with Crippen LogP contribution in [0.15, 0.2) is 58.3 Å². The molecule has 3 rings (SSSR count). The predicted octanol–water partition coefficient (Wildman–Crippen LogP) is 3.66. The first kappa shape index (κ1) is 22.2. The average Bonchev–Trinajstić information content (AvgIpc) is 2.75. The first-order chi connectivity index (χ1) is 14.8. The van der Waals surface area contributed by atoms with Crippen LogP contribution in [0.2, 0.25) is 0 Å². The standard InChI is InChI=1S/C23H23N3O4S/c1-14-9-5-7-11-18(14)25-20(27)17(13-24-16(3)22(29)30-4)21(28)26(23(25)31)19-12-8-6-10-15(19)2/h5-13,16,27H,1-4H3. The lowest BCUT2D eigenvalue weighted by molar-refractivity contribution is -0.141. The Bertz CT molecular complexity index is 1290. The molecule has 0 bridgehead atoms. The van der Waals surface area contributed by atoms with Gasteiger partial charge in [-0.2, -0.15) is 0 Å². The Balaban J connectivity index is 2.39. The quantitative estimate of drug-likeness (QED) is 0.374. The van der Waals surface area contributed by atoms with Crippen molar-refractivity contribution < 1.29 is 14.6 Å². The van der Waals surface area contributed by atoms with Gasteiger partial charge in [0.15, 0.2) is 4.77 Å². The molecule has 160 valence electrons. The van der Waals surface area contributed by atoms with E-state index in [1.165, 1.54) is 29.4 Å². The van der Waals surface area contributed by atoms with Crippen molar-refractivity contribution >= 4 is 24.4 Å². The van der Waals surface area contributed by atoms with Crippen molar-refractivity contribution in [2.75, 3.05) is 7.11 Å². The van der Waals surface area contributed by atoms with E-state index in [2.05, 4.69) is 9.73 Å². The second kappa shape index (κ2) is 9.09. The highest BCUT2D eigenvalue weighted by Gasteiger charge is 2.20. The van der Waals surface area contributed by atoms with Gasteiger partial charge in [0.25, 0.3) is 5.56 Å². The van der Waals surface area contributed by atoms with Gasteiger partial charge in [0, 0.05) is 6.21 Å². The monoisotopic (exact) mass is 437 g/mol. The van der Waals surface area contributed by atoms with Crippen molar-refractivity contribution in [3.8, 4) is 17.3 Å². The third-order valence-corrected chi connectivity index (χ3v) is 5.32. The number of benzene rings is 2. The largest absolute Gasteiger partial charge is 0.494 e. The van der Waals surface area contributed by atoms with E-state index in [9.17, 15) is 14.7 Å². The van der Waals surface area contributed by atoms with Gasteiger partial charge in [-0.05, 0) is 56.2 Å². The van der Waals surface area contributed by atoms with Gasteiger partial charge in [-0.25, -0.2) is 4.79 Å². The fourth-order valence-electron chi connectivity index (χ4n) is 3.20. The number of hydrogen-bond donors (Lipinski definition) is 1. The van der Waals surface area contributed by atoms with Crippen LogP contribution in [0.1, 0.15) is 23.6 Å². The van der Waals surface area contributed by atoms with Crippen molar-refractivity contribution in [2.24, 2.45) is 4.99 Å². The normalized spacial score (nSPS) is 12.1. The first-order valence-electron chi connectivity index (χ1n) is 9.62. The molecule has 0 radical (unpaired) electrons. The van der Waals surface area contributed by atoms with E-state index < -0.39 is 17.6 Å². The fourth-order valence-corrected chi connectivity index (χ4v) is 3.57. The second-order valence-electron chi connectivity index (χ2n) is 7.05. The van der Waals surface area contributed by atoms with Crippen LogP contribution in [-0.4, -0.2) is 39.6 Å². The molecule has 2 aromatic carbocycles. The number of aliphatic imine (C=N–C) groups is 1. The van der Waals surface area contributed by atoms with Crippen molar-refractivity contribution in [2.45, 2.75) is 26.8 Å². The highest BCUT2D eigenvalue weighted by molar-refractivity contribution is 7.71. The predicted molar refractivity (Wildman–Crippen MR) is 122 cm³/mol. The van der Waals surface area contributed by atoms with Gasteiger partial charge in [-0.3, -0.25) is 18.9 Å². The number of hydrogen-bond acceptors (Lipinski definition) is 6. The van der Waals surface area contributed by atoms with E-state index in [0.717, 1.165) is 11.1 Å². The Labute approximate surface area is 184 Å². The van der Waals surface area contributed by atoms with Crippen LogP contribution < -0.4 is 5.56 Å². The number of aryl methyl sites for hydroxylation is 2. The van der Waals surface area contributed by atoms with Crippen LogP contribution in [0.25, 0.3) is 11.4 Å². The minimum absolute atomic E-state index is 0.0872. The Morgan fingerprint density at radius 2 is 1.58 bits per heavy atom. The zero-order valence-corrected chi connectivity index (χ0v) is 18.5. The van der Waals surface area contributed by atoms with Crippen LogP contribution in [0.5, 0.6) is 5.88 Å². The maximum absolute atomic E-state index is 13.4. The van der Waals surface area contributed by atoms with E-state index >= 15 is 0 Å². The van der Waals surface area contributed by atoms with E-state index in [0.29, 0.717) is 11.4 Å². The molecule has 0 spiro atoms. The molecule has 0 saturated carbocycles. The molecule has 8 heteroatoms. The topological polar surface area (TPSA) is 85.8 Å². The average molecular weight is 438 g/mol. The van der Waals surface area contributed by atoms with E-state index in [1.54, 1.807) is 12.1 Å². The molecule has 1 unspecified atom stereocenters. The number of aromatic nitrogens is 2. The van der Waals surface area contributed by atoms with Gasteiger partial charge >= 0.3 is 5.97 Å². The highest BCUT2D eigenvalue weighted by Crippen LogP contribution is 2.24. The summed E-state index contributed by atoms with van der Waals surface area (Å²) in [5.41, 5.74) is 2.29. The van der Waals surface area contributed by atoms with E-state index in [1.807, 2.05) is 50.2 Å². The van der Waals surface area contributed by atoms with Gasteiger partial charge in [-0.15, -0.1) is 0 Å². The lowest BCUT2D eigenvalue weighted by Crippen LogP contribution is -2.28. The molecule has 1 aromatic heterocycles. The van der Waals surface area contributed by atoms with Crippen LogP contribution in [0, 0.1) is 18.6 Å². The van der Waals surface area contributed by atoms with Crippen molar-refractivity contribution in [1.29, 1.82) is 0 Å². The number of ether oxygens (including phenoxy) is 1. The van der Waals surface area contributed by atoms with Crippen molar-refractivity contribution in [3.05, 3.63) is 80.3 Å². The molecule has 0 fully saturated rings. The summed E-state index contributed by atoms with van der Waals surface area (Å²) in [5, 5.41) is 11.1. The number of carbonyl (C=O) groups is 1. The Hall–Kier alpha value is -3.52. The summed E-state index contributed by atoms with van der Waals surface area (Å²) in [6.07, 6.45) is 1.19. The van der Waals surface area contributed by atoms with Gasteiger partial charge in [0.1, 0.15) is 11.6 Å². The molecule has 0 aliphatic carbocycles. The van der Waals surface area contributed by atoms with Crippen LogP contribution in [0.4, 0.5) is 0 Å². The summed E-state index contributed by atoms with van der Waals surface area (Å²) in [6, 6.07) is 13.9. The van der Waals surface area contributed by atoms with Gasteiger partial charge < -0.3 is 9.84 Å². The molecule has 3 aromatic rings. The summed E-state index contributed by atoms with van der Waals surface area (Å²) in [6.45, 7) is 5.29. The number of nitrogens with zero attached hydrogens (tertiary/aromatic N) is 3. The molecular weight excluding hydrogens is 414 g/mol. The lowest BCUT2D eigenvalue weighted by Gasteiger charge is -2.18. The SMILES string of the molecule is COC(=O)C(C)N=Cc1c(O)n(-c2ccccc2C)c(=S)n(-c2ccccc2C)c1=O. The van der Waals surface area contributed by atoms with E-state index in [4.69, 9.17) is 12.2 Å². The van der Waals surface area contributed by atoms with Crippen molar-refractivity contribution in [1.82, 2.24) is 9.13 Å². The van der Waals surface area contributed by atoms with Gasteiger partial charge in [-0.1, -0.05) is 36.4 Å². The molecule has 7 nitrogen and oxygen atoms in total. The molecule has 1 N–H and O–H groups in total. The zero-order valence-electron chi connectivity index (χ0n) is 17.7. The molecule has 31 heavy (non-hydrogen) atoms. The lowest BCUT2D eigenvalue weighted by atomic mass is 10.1. The Kier molecular flexibility index (Phi) is 6.50. The molecule has 1 heterocycles. The van der Waals surface area contributed by atoms with Crippen LogP contribution in [0.3, 0.4) is 0 Å². The second-order valence-corrected chi connectivity index (χ2v) is 7.41. The van der Waals surface area contributed by atoms with Crippen molar-refractivity contribution in [3.63, 3.8) is 0 Å². The summed E-state index contributed by atoms with van der Waals surface area (Å²) in [4.78, 5) is 29.2. The maximum atomic E-state index is 13.4. The summed E-state index contributed by atoms with van der Waals surface area (Å²) < 4.78 is 7.59. The van der Waals surface area contributed by atoms with Gasteiger partial charge in [0.05, 0.1) is 18.5 Å². The number of carbonyl (C=O) groups excluding carboxylic acids is 1. The number of methoxy groups -OCH3 is 1. The number of rotatable bonds is 5. The molecular formula is C23H23N3O4S. The zero-order chi connectivity index (χ0) is 22.7. The Morgan fingerprint density at radius 1 is 1.06 bits per heavy atom. The molecule has 1 atom stereocenters. The number of para-hydroxylation sites is 2. The minimum atomic E-state index is -0.842. The van der Waals surface area contributed by atoms with Gasteiger partial charge in [0.2, 0.25) is 5.88 Å². The summed E-state index contributed by atoms with van der Waals surface area (Å²) in [5.74, 6) is -0.906. The Morgan fingerprint density at radius 3 is 2.10 bits per heavy atom. The smallest absolute Gasteiger partial charge is 0.330 e. The van der Waals surface area contributed by atoms with Crippen LogP contribution in [-0.2, 0) is 9.53 Å². The third-order valence-electron chi connectivity index (χ3n) is 4.95. The van der Waals surface area contributed by atoms with Crippen LogP contribution >= 0.6 is 12.2 Å².